The smallest absolute Gasteiger partial charge is 0.169 e. The predicted octanol–water partition coefficient (Wildman–Crippen LogP) is 0.118. The van der Waals surface area contributed by atoms with Gasteiger partial charge in [0.05, 0.1) is 0 Å². The molecular weight excluding hydrogens is 170 g/mol. The van der Waals surface area contributed by atoms with Crippen molar-refractivity contribution in [3.05, 3.63) is 18.0 Å². The maximum atomic E-state index is 5.01. The molecule has 5 heteroatoms. The van der Waals surface area contributed by atoms with Crippen molar-refractivity contribution in [1.29, 1.82) is 0 Å². The van der Waals surface area contributed by atoms with Crippen LogP contribution in [0.3, 0.4) is 0 Å². The second-order valence-corrected chi connectivity index (χ2v) is 2.61. The van der Waals surface area contributed by atoms with Crippen molar-refractivity contribution in [2.24, 2.45) is 0 Å². The van der Waals surface area contributed by atoms with Crippen molar-refractivity contribution < 1.29 is 9.47 Å². The van der Waals surface area contributed by atoms with Crippen LogP contribution < -0.4 is 5.32 Å². The van der Waals surface area contributed by atoms with E-state index in [4.69, 9.17) is 9.47 Å². The van der Waals surface area contributed by atoms with E-state index in [2.05, 4.69) is 15.5 Å². The van der Waals surface area contributed by atoms with Crippen molar-refractivity contribution in [3.8, 4) is 0 Å². The zero-order chi connectivity index (χ0) is 9.52. The minimum absolute atomic E-state index is 0.192. The molecule has 1 heterocycles. The second-order valence-electron chi connectivity index (χ2n) is 2.61. The lowest BCUT2D eigenvalue weighted by Crippen LogP contribution is -2.29. The first-order valence-corrected chi connectivity index (χ1v) is 4.11. The van der Waals surface area contributed by atoms with Gasteiger partial charge in [-0.1, -0.05) is 0 Å². The van der Waals surface area contributed by atoms with Gasteiger partial charge in [-0.05, 0) is 6.07 Å². The third-order valence-corrected chi connectivity index (χ3v) is 1.71. The fourth-order valence-corrected chi connectivity index (χ4v) is 0.971. The highest BCUT2D eigenvalue weighted by Gasteiger charge is 2.03. The molecule has 5 nitrogen and oxygen atoms in total. The van der Waals surface area contributed by atoms with Crippen LogP contribution >= 0.6 is 0 Å². The summed E-state index contributed by atoms with van der Waals surface area (Å²) >= 11 is 0. The summed E-state index contributed by atoms with van der Waals surface area (Å²) in [6.45, 7) is 1.40. The molecule has 0 unspecified atom stereocenters. The van der Waals surface area contributed by atoms with Gasteiger partial charge in [0.25, 0.3) is 0 Å². The minimum atomic E-state index is -0.192. The Morgan fingerprint density at radius 3 is 2.85 bits per heavy atom. The maximum Gasteiger partial charge on any atom is 0.169 e. The highest BCUT2D eigenvalue weighted by Crippen LogP contribution is 1.92. The molecule has 0 atom stereocenters. The third kappa shape index (κ3) is 3.54. The largest absolute Gasteiger partial charge is 0.355 e. The van der Waals surface area contributed by atoms with Gasteiger partial charge in [0, 0.05) is 39.2 Å². The van der Waals surface area contributed by atoms with Crippen molar-refractivity contribution in [2.45, 2.75) is 12.8 Å². The van der Waals surface area contributed by atoms with Crippen molar-refractivity contribution in [1.82, 2.24) is 15.5 Å². The fraction of sp³-hybridized carbons (Fsp3) is 0.625. The topological polar surface area (TPSA) is 59.2 Å². The summed E-state index contributed by atoms with van der Waals surface area (Å²) in [5, 5.41) is 9.85. The van der Waals surface area contributed by atoms with Gasteiger partial charge in [-0.15, -0.1) is 0 Å². The van der Waals surface area contributed by atoms with E-state index in [-0.39, 0.29) is 6.29 Å². The van der Waals surface area contributed by atoms with Crippen molar-refractivity contribution >= 4 is 0 Å². The van der Waals surface area contributed by atoms with Crippen molar-refractivity contribution in [3.63, 3.8) is 0 Å². The lowest BCUT2D eigenvalue weighted by Gasteiger charge is -2.13. The molecule has 1 rings (SSSR count). The normalized spacial score (nSPS) is 11.0. The van der Waals surface area contributed by atoms with Gasteiger partial charge in [-0.2, -0.15) is 5.10 Å². The quantitative estimate of drug-likeness (QED) is 0.618. The molecule has 1 aromatic heterocycles. The summed E-state index contributed by atoms with van der Waals surface area (Å²) in [5.74, 6) is 0. The predicted molar refractivity (Wildman–Crippen MR) is 48.1 cm³/mol. The van der Waals surface area contributed by atoms with Crippen LogP contribution in [0.5, 0.6) is 0 Å². The van der Waals surface area contributed by atoms with Crippen LogP contribution in [0.25, 0.3) is 0 Å². The van der Waals surface area contributed by atoms with E-state index in [9.17, 15) is 0 Å². The summed E-state index contributed by atoms with van der Waals surface area (Å²) in [5.41, 5.74) is 1.05. The number of methoxy groups -OCH3 is 2. The Balaban J connectivity index is 2.13. The van der Waals surface area contributed by atoms with Crippen LogP contribution in [0.15, 0.2) is 12.3 Å². The molecule has 0 aliphatic carbocycles. The Labute approximate surface area is 77.4 Å². The zero-order valence-corrected chi connectivity index (χ0v) is 7.91. The molecule has 0 aliphatic heterocycles. The molecule has 0 amide bonds. The van der Waals surface area contributed by atoms with E-state index in [0.29, 0.717) is 6.54 Å². The van der Waals surface area contributed by atoms with Crippen molar-refractivity contribution in [2.75, 3.05) is 20.8 Å². The molecule has 0 bridgehead atoms. The number of rotatable bonds is 6. The Hall–Kier alpha value is -0.910. The minimum Gasteiger partial charge on any atom is -0.355 e. The number of ether oxygens (including phenoxy) is 2. The zero-order valence-electron chi connectivity index (χ0n) is 7.91. The van der Waals surface area contributed by atoms with Gasteiger partial charge in [0.1, 0.15) is 0 Å². The van der Waals surface area contributed by atoms with E-state index in [1.807, 2.05) is 6.07 Å². The lowest BCUT2D eigenvalue weighted by molar-refractivity contribution is -0.0989. The van der Waals surface area contributed by atoms with Crippen LogP contribution in [-0.2, 0) is 16.0 Å². The molecule has 2 N–H and O–H groups in total. The summed E-state index contributed by atoms with van der Waals surface area (Å²) in [4.78, 5) is 0. The Morgan fingerprint density at radius 1 is 1.54 bits per heavy atom. The standard InChI is InChI=1S/C8H15N3O2/c1-12-8(13-2)6-9-5-7-3-4-10-11-7/h3-4,8-9H,5-6H2,1-2H3,(H,10,11). The summed E-state index contributed by atoms with van der Waals surface area (Å²) < 4.78 is 10.0. The molecule has 1 aromatic rings. The molecule has 0 saturated heterocycles. The number of aromatic amines is 1. The van der Waals surface area contributed by atoms with Crippen LogP contribution in [0.1, 0.15) is 5.69 Å². The first kappa shape index (κ1) is 10.2. The first-order chi connectivity index (χ1) is 6.36. The average molecular weight is 185 g/mol. The summed E-state index contributed by atoms with van der Waals surface area (Å²) in [6.07, 6.45) is 1.53. The Bertz CT molecular complexity index is 209. The number of nitrogens with one attached hydrogen (secondary N) is 2. The molecule has 0 radical (unpaired) electrons. The molecule has 0 fully saturated rings. The molecule has 0 saturated carbocycles. The number of H-pyrrole nitrogens is 1. The van der Waals surface area contributed by atoms with Gasteiger partial charge >= 0.3 is 0 Å². The molecule has 0 spiro atoms. The Morgan fingerprint density at radius 2 is 2.31 bits per heavy atom. The van der Waals surface area contributed by atoms with Gasteiger partial charge in [-0.25, -0.2) is 0 Å². The third-order valence-electron chi connectivity index (χ3n) is 1.71. The number of hydrogen-bond donors (Lipinski definition) is 2. The van der Waals surface area contributed by atoms with E-state index in [0.717, 1.165) is 12.2 Å². The Kier molecular flexibility index (Phi) is 4.45. The SMILES string of the molecule is COC(CNCc1ccn[nH]1)OC. The monoisotopic (exact) mass is 185 g/mol. The molecule has 74 valence electrons. The van der Waals surface area contributed by atoms with Gasteiger partial charge < -0.3 is 14.8 Å². The van der Waals surface area contributed by atoms with E-state index < -0.39 is 0 Å². The van der Waals surface area contributed by atoms with Gasteiger partial charge in [-0.3, -0.25) is 5.10 Å². The van der Waals surface area contributed by atoms with Crippen LogP contribution in [0.2, 0.25) is 0 Å². The summed E-state index contributed by atoms with van der Waals surface area (Å²) in [7, 11) is 3.23. The fourth-order valence-electron chi connectivity index (χ4n) is 0.971. The van der Waals surface area contributed by atoms with Crippen LogP contribution in [-0.4, -0.2) is 37.3 Å². The molecule has 13 heavy (non-hydrogen) atoms. The molecule has 0 aromatic carbocycles. The van der Waals surface area contributed by atoms with Crippen LogP contribution in [0.4, 0.5) is 0 Å². The highest BCUT2D eigenvalue weighted by atomic mass is 16.7. The first-order valence-electron chi connectivity index (χ1n) is 4.11. The lowest BCUT2D eigenvalue weighted by atomic mass is 10.4. The van der Waals surface area contributed by atoms with Gasteiger partial charge in [0.2, 0.25) is 0 Å². The number of aromatic nitrogens is 2. The van der Waals surface area contributed by atoms with E-state index >= 15 is 0 Å². The van der Waals surface area contributed by atoms with Gasteiger partial charge in [0.15, 0.2) is 6.29 Å². The van der Waals surface area contributed by atoms with E-state index in [1.54, 1.807) is 20.4 Å². The van der Waals surface area contributed by atoms with Crippen LogP contribution in [0, 0.1) is 0 Å². The average Bonchev–Trinajstić information content (AvgIpc) is 2.65. The number of nitrogens with zero attached hydrogens (tertiary/aromatic N) is 1. The highest BCUT2D eigenvalue weighted by molar-refractivity contribution is 4.96. The number of hydrogen-bond acceptors (Lipinski definition) is 4. The molecular formula is C8H15N3O2. The maximum absolute atomic E-state index is 5.01. The molecule has 0 aliphatic rings. The van der Waals surface area contributed by atoms with E-state index in [1.165, 1.54) is 0 Å². The summed E-state index contributed by atoms with van der Waals surface area (Å²) in [6, 6.07) is 1.92. The second kappa shape index (κ2) is 5.69.